The molecule has 2 aromatic carbocycles. The summed E-state index contributed by atoms with van der Waals surface area (Å²) in [5.74, 6) is -2.10. The Morgan fingerprint density at radius 3 is 2.33 bits per heavy atom. The van der Waals surface area contributed by atoms with Gasteiger partial charge in [-0.25, -0.2) is 0 Å². The second-order valence-corrected chi connectivity index (χ2v) is 6.35. The average molecular weight is 350 g/mol. The molecule has 0 aromatic heterocycles. The van der Waals surface area contributed by atoms with Crippen LogP contribution in [0.25, 0.3) is 0 Å². The van der Waals surface area contributed by atoms with Crippen LogP contribution in [0, 0.1) is 21.4 Å². The van der Waals surface area contributed by atoms with Gasteiger partial charge in [-0.3, -0.25) is 14.7 Å². The highest BCUT2D eigenvalue weighted by molar-refractivity contribution is 7.51. The van der Waals surface area contributed by atoms with Crippen molar-refractivity contribution < 1.29 is 29.1 Å². The monoisotopic (exact) mass is 350 g/mol. The predicted molar refractivity (Wildman–Crippen MR) is 81.3 cm³/mol. The van der Waals surface area contributed by atoms with Gasteiger partial charge in [0, 0.05) is 6.07 Å². The van der Waals surface area contributed by atoms with Crippen molar-refractivity contribution in [1.82, 2.24) is 0 Å². The van der Waals surface area contributed by atoms with Gasteiger partial charge in [-0.2, -0.15) is 5.26 Å². The second-order valence-electron chi connectivity index (χ2n) is 4.69. The molecule has 0 saturated carbocycles. The largest absolute Gasteiger partial charge is 0.450 e. The van der Waals surface area contributed by atoms with E-state index in [1.807, 2.05) is 6.07 Å². The number of nitro benzene ring substituents is 1. The average Bonchev–Trinajstić information content (AvgIpc) is 2.54. The molecule has 3 N–H and O–H groups in total. The van der Waals surface area contributed by atoms with Crippen LogP contribution in [-0.2, 0) is 4.57 Å². The third-order valence-electron chi connectivity index (χ3n) is 3.01. The fourth-order valence-corrected chi connectivity index (χ4v) is 2.39. The molecule has 0 fully saturated rings. The number of nitrogens with zero attached hydrogens (tertiary/aromatic N) is 2. The number of benzene rings is 2. The van der Waals surface area contributed by atoms with E-state index in [0.29, 0.717) is 5.56 Å². The summed E-state index contributed by atoms with van der Waals surface area (Å²) >= 11 is 0. The van der Waals surface area contributed by atoms with Crippen LogP contribution in [0.4, 0.5) is 5.69 Å². The summed E-state index contributed by atoms with van der Waals surface area (Å²) in [4.78, 5) is 28.3. The molecular formula is C14H11N2O7P. The van der Waals surface area contributed by atoms with Crippen molar-refractivity contribution in [3.05, 3.63) is 63.7 Å². The van der Waals surface area contributed by atoms with E-state index in [2.05, 4.69) is 0 Å². The van der Waals surface area contributed by atoms with Crippen LogP contribution in [-0.4, -0.2) is 19.8 Å². The van der Waals surface area contributed by atoms with Crippen molar-refractivity contribution in [2.45, 2.75) is 5.85 Å². The smallest absolute Gasteiger partial charge is 0.358 e. The van der Waals surface area contributed by atoms with E-state index < -0.39 is 24.1 Å². The van der Waals surface area contributed by atoms with Crippen molar-refractivity contribution in [2.75, 3.05) is 0 Å². The van der Waals surface area contributed by atoms with Crippen LogP contribution >= 0.6 is 7.60 Å². The predicted octanol–water partition coefficient (Wildman–Crippen LogP) is 2.43. The molecule has 0 aliphatic rings. The first-order valence-electron chi connectivity index (χ1n) is 6.42. The summed E-state index contributed by atoms with van der Waals surface area (Å²) in [6.45, 7) is 0. The molecule has 0 spiro atoms. The van der Waals surface area contributed by atoms with Crippen molar-refractivity contribution in [1.29, 1.82) is 5.26 Å². The van der Waals surface area contributed by atoms with Gasteiger partial charge in [-0.1, -0.05) is 6.07 Å². The fourth-order valence-electron chi connectivity index (χ4n) is 1.84. The zero-order valence-electron chi connectivity index (χ0n) is 11.9. The quantitative estimate of drug-likeness (QED) is 0.422. The maximum Gasteiger partial charge on any atom is 0.358 e. The summed E-state index contributed by atoms with van der Waals surface area (Å²) in [5.41, 5.74) is -0.483. The second kappa shape index (κ2) is 6.78. The van der Waals surface area contributed by atoms with Gasteiger partial charge in [0.15, 0.2) is 5.85 Å². The summed E-state index contributed by atoms with van der Waals surface area (Å²) in [6.07, 6.45) is 0. The van der Waals surface area contributed by atoms with Crippen molar-refractivity contribution in [3.8, 4) is 17.6 Å². The van der Waals surface area contributed by atoms with Crippen LogP contribution < -0.4 is 4.74 Å². The van der Waals surface area contributed by atoms with Crippen molar-refractivity contribution in [3.63, 3.8) is 0 Å². The number of nitriles is 1. The molecule has 0 aliphatic heterocycles. The van der Waals surface area contributed by atoms with Gasteiger partial charge in [0.2, 0.25) is 5.75 Å². The number of ether oxygens (including phenoxy) is 1. The number of hydrogen-bond donors (Lipinski definition) is 3. The summed E-state index contributed by atoms with van der Waals surface area (Å²) in [5, 5.41) is 29.4. The molecule has 10 heteroatoms. The topological polar surface area (TPSA) is 154 Å². The SMILES string of the molecule is N#Cc1ccc(Oc2ccc(C(O)P(=O)(O)O)cc2[N+](=O)[O-])cc1. The van der Waals surface area contributed by atoms with Gasteiger partial charge in [-0.05, 0) is 35.9 Å². The lowest BCUT2D eigenvalue weighted by Gasteiger charge is -2.13. The van der Waals surface area contributed by atoms with E-state index in [-0.39, 0.29) is 17.1 Å². The van der Waals surface area contributed by atoms with Gasteiger partial charge >= 0.3 is 13.3 Å². The van der Waals surface area contributed by atoms with E-state index in [9.17, 15) is 19.8 Å². The van der Waals surface area contributed by atoms with E-state index in [1.54, 1.807) is 0 Å². The summed E-state index contributed by atoms with van der Waals surface area (Å²) in [6, 6.07) is 10.8. The Bertz CT molecular complexity index is 854. The molecule has 0 heterocycles. The Morgan fingerprint density at radius 2 is 1.83 bits per heavy atom. The number of aliphatic hydroxyl groups is 1. The number of hydrogen-bond acceptors (Lipinski definition) is 6. The van der Waals surface area contributed by atoms with Crippen LogP contribution in [0.1, 0.15) is 17.0 Å². The first-order valence-corrected chi connectivity index (χ1v) is 8.10. The number of aliphatic hydroxyl groups excluding tert-OH is 1. The minimum Gasteiger partial charge on any atom is -0.450 e. The van der Waals surface area contributed by atoms with Crippen LogP contribution in [0.15, 0.2) is 42.5 Å². The van der Waals surface area contributed by atoms with Gasteiger partial charge < -0.3 is 19.6 Å². The van der Waals surface area contributed by atoms with Crippen molar-refractivity contribution >= 4 is 13.3 Å². The Morgan fingerprint density at radius 1 is 1.21 bits per heavy atom. The van der Waals surface area contributed by atoms with Crippen molar-refractivity contribution in [2.24, 2.45) is 0 Å². The summed E-state index contributed by atoms with van der Waals surface area (Å²) in [7, 11) is -4.86. The highest BCUT2D eigenvalue weighted by Crippen LogP contribution is 2.50. The minimum atomic E-state index is -4.86. The first kappa shape index (κ1) is 17.6. The van der Waals surface area contributed by atoms with Gasteiger partial charge in [-0.15, -0.1) is 0 Å². The van der Waals surface area contributed by atoms with Crippen LogP contribution in [0.2, 0.25) is 0 Å². The standard InChI is InChI=1S/C14H11N2O7P/c15-8-9-1-4-11(5-2-9)23-13-6-3-10(7-12(13)16(18)19)14(17)24(20,21)22/h1-7,14,17H,(H2,20,21,22). The molecule has 2 aromatic rings. The first-order chi connectivity index (χ1) is 11.2. The molecule has 1 atom stereocenters. The minimum absolute atomic E-state index is 0.175. The highest BCUT2D eigenvalue weighted by Gasteiger charge is 2.30. The lowest BCUT2D eigenvalue weighted by atomic mass is 10.2. The molecule has 0 amide bonds. The maximum atomic E-state index is 11.1. The van der Waals surface area contributed by atoms with E-state index in [0.717, 1.165) is 18.2 Å². The Labute approximate surface area is 135 Å². The summed E-state index contributed by atoms with van der Waals surface area (Å²) < 4.78 is 16.4. The van der Waals surface area contributed by atoms with Gasteiger partial charge in [0.25, 0.3) is 0 Å². The van der Waals surface area contributed by atoms with Gasteiger partial charge in [0.05, 0.1) is 16.6 Å². The molecule has 124 valence electrons. The molecule has 9 nitrogen and oxygen atoms in total. The molecule has 0 radical (unpaired) electrons. The maximum absolute atomic E-state index is 11.1. The molecule has 24 heavy (non-hydrogen) atoms. The molecule has 0 bridgehead atoms. The fraction of sp³-hybridized carbons (Fsp3) is 0.0714. The molecule has 2 rings (SSSR count). The van der Waals surface area contributed by atoms with E-state index in [4.69, 9.17) is 19.8 Å². The number of rotatable bonds is 5. The lowest BCUT2D eigenvalue weighted by Crippen LogP contribution is -2.01. The molecule has 0 aliphatic carbocycles. The van der Waals surface area contributed by atoms with E-state index in [1.165, 1.54) is 24.3 Å². The Balaban J connectivity index is 2.38. The Kier molecular flexibility index (Phi) is 4.97. The molecule has 1 unspecified atom stereocenters. The zero-order chi connectivity index (χ0) is 17.9. The highest BCUT2D eigenvalue weighted by atomic mass is 31.2. The third kappa shape index (κ3) is 3.95. The normalized spacial score (nSPS) is 12.2. The van der Waals surface area contributed by atoms with Crippen LogP contribution in [0.5, 0.6) is 11.5 Å². The Hall–Kier alpha value is -2.76. The zero-order valence-corrected chi connectivity index (χ0v) is 12.8. The lowest BCUT2D eigenvalue weighted by molar-refractivity contribution is -0.385. The molecule has 0 saturated heterocycles. The molecular weight excluding hydrogens is 339 g/mol. The number of nitro groups is 1. The van der Waals surface area contributed by atoms with Crippen LogP contribution in [0.3, 0.4) is 0 Å². The van der Waals surface area contributed by atoms with Gasteiger partial charge in [0.1, 0.15) is 5.75 Å². The van der Waals surface area contributed by atoms with E-state index >= 15 is 0 Å². The third-order valence-corrected chi connectivity index (χ3v) is 3.94.